The van der Waals surface area contributed by atoms with E-state index in [1.165, 1.54) is 19.8 Å². The van der Waals surface area contributed by atoms with Crippen molar-refractivity contribution in [2.75, 3.05) is 19.5 Å². The molecule has 0 amide bonds. The number of allylic oxidation sites excluding steroid dienone is 2. The molecule has 0 aromatic heterocycles. The Bertz CT molecular complexity index is 961. The van der Waals surface area contributed by atoms with Gasteiger partial charge < -0.3 is 14.8 Å². The molecule has 1 aliphatic heterocycles. The Morgan fingerprint density at radius 2 is 1.71 bits per heavy atom. The van der Waals surface area contributed by atoms with Crippen LogP contribution in [0.3, 0.4) is 0 Å². The number of nitrogens with one attached hydrogen (secondary N) is 1. The lowest BCUT2D eigenvalue weighted by Gasteiger charge is -2.38. The normalized spacial score (nSPS) is 22.0. The van der Waals surface area contributed by atoms with Crippen LogP contribution in [0.15, 0.2) is 48.6 Å². The number of hydrogen-bond donors (Lipinski definition) is 1. The zero-order valence-corrected chi connectivity index (χ0v) is 16.2. The van der Waals surface area contributed by atoms with E-state index in [-0.39, 0.29) is 18.0 Å². The van der Waals surface area contributed by atoms with Crippen LogP contribution in [0.5, 0.6) is 0 Å². The summed E-state index contributed by atoms with van der Waals surface area (Å²) in [5.74, 6) is 0.0180. The monoisotopic (exact) mass is 377 g/mol. The zero-order valence-electron chi connectivity index (χ0n) is 16.2. The number of hydrogen-bond acceptors (Lipinski definition) is 5. The summed E-state index contributed by atoms with van der Waals surface area (Å²) in [7, 11) is 2.78. The van der Waals surface area contributed by atoms with Gasteiger partial charge in [0.05, 0.1) is 31.4 Å². The second-order valence-electron chi connectivity index (χ2n) is 7.28. The summed E-state index contributed by atoms with van der Waals surface area (Å²) in [5.41, 5.74) is 5.34. The van der Waals surface area contributed by atoms with E-state index in [4.69, 9.17) is 9.47 Å². The molecule has 0 bridgehead atoms. The highest BCUT2D eigenvalue weighted by molar-refractivity contribution is 5.93. The largest absolute Gasteiger partial charge is 0.465 e. The van der Waals surface area contributed by atoms with Gasteiger partial charge >= 0.3 is 11.9 Å². The van der Waals surface area contributed by atoms with Crippen LogP contribution in [0.1, 0.15) is 55.8 Å². The topological polar surface area (TPSA) is 64.6 Å². The second kappa shape index (κ2) is 7.15. The van der Waals surface area contributed by atoms with Crippen molar-refractivity contribution in [3.8, 4) is 0 Å². The number of anilines is 1. The number of carbonyl (C=O) groups excluding carboxylic acids is 2. The van der Waals surface area contributed by atoms with Crippen LogP contribution in [0.2, 0.25) is 0 Å². The van der Waals surface area contributed by atoms with Gasteiger partial charge in [0.15, 0.2) is 0 Å². The van der Waals surface area contributed by atoms with Crippen LogP contribution in [0.4, 0.5) is 5.69 Å². The average molecular weight is 377 g/mol. The first-order valence-corrected chi connectivity index (χ1v) is 9.38. The molecule has 0 fully saturated rings. The lowest BCUT2D eigenvalue weighted by Crippen LogP contribution is -2.30. The molecule has 28 heavy (non-hydrogen) atoms. The molecule has 2 aromatic carbocycles. The molecule has 0 spiro atoms. The van der Waals surface area contributed by atoms with Crippen molar-refractivity contribution in [3.63, 3.8) is 0 Å². The van der Waals surface area contributed by atoms with Crippen LogP contribution < -0.4 is 5.32 Å². The zero-order chi connectivity index (χ0) is 19.8. The van der Waals surface area contributed by atoms with Crippen molar-refractivity contribution in [2.45, 2.75) is 25.3 Å². The minimum Gasteiger partial charge on any atom is -0.465 e. The molecule has 2 aromatic rings. The fraction of sp³-hybridized carbons (Fsp3) is 0.304. The van der Waals surface area contributed by atoms with Gasteiger partial charge in [0.2, 0.25) is 0 Å². The molecule has 0 radical (unpaired) electrons. The Balaban J connectivity index is 1.74. The van der Waals surface area contributed by atoms with Crippen molar-refractivity contribution in [2.24, 2.45) is 5.92 Å². The smallest absolute Gasteiger partial charge is 0.338 e. The van der Waals surface area contributed by atoms with Gasteiger partial charge in [-0.3, -0.25) is 0 Å². The van der Waals surface area contributed by atoms with Crippen LogP contribution in [0, 0.1) is 12.8 Å². The minimum atomic E-state index is -0.340. The first-order valence-electron chi connectivity index (χ1n) is 9.38. The number of ether oxygens (including phenoxy) is 2. The summed E-state index contributed by atoms with van der Waals surface area (Å²) in [6.45, 7) is 1.95. The van der Waals surface area contributed by atoms with Crippen molar-refractivity contribution in [1.29, 1.82) is 0 Å². The molecule has 1 N–H and O–H groups in total. The summed E-state index contributed by atoms with van der Waals surface area (Å²) in [5, 5.41) is 3.67. The Morgan fingerprint density at radius 3 is 2.39 bits per heavy atom. The molecule has 144 valence electrons. The maximum absolute atomic E-state index is 12.1. The first kappa shape index (κ1) is 18.3. The summed E-state index contributed by atoms with van der Waals surface area (Å²) in [4.78, 5) is 23.9. The van der Waals surface area contributed by atoms with E-state index in [9.17, 15) is 9.59 Å². The summed E-state index contributed by atoms with van der Waals surface area (Å²) in [6.07, 6.45) is 5.47. The molecule has 0 saturated carbocycles. The lowest BCUT2D eigenvalue weighted by molar-refractivity contribution is 0.0591. The van der Waals surface area contributed by atoms with Crippen molar-refractivity contribution in [3.05, 3.63) is 76.4 Å². The molecule has 2 aliphatic rings. The Morgan fingerprint density at radius 1 is 1.00 bits per heavy atom. The molecule has 4 rings (SSSR count). The predicted molar refractivity (Wildman–Crippen MR) is 107 cm³/mol. The third kappa shape index (κ3) is 2.87. The highest BCUT2D eigenvalue weighted by Crippen LogP contribution is 2.51. The average Bonchev–Trinajstić information content (AvgIpc) is 3.23. The predicted octanol–water partition coefficient (Wildman–Crippen LogP) is 4.39. The van der Waals surface area contributed by atoms with E-state index in [0.29, 0.717) is 23.0 Å². The number of methoxy groups -OCH3 is 2. The fourth-order valence-electron chi connectivity index (χ4n) is 4.42. The molecular formula is C23H23NO4. The van der Waals surface area contributed by atoms with Gasteiger partial charge in [0.25, 0.3) is 0 Å². The Hall–Kier alpha value is -3.08. The summed E-state index contributed by atoms with van der Waals surface area (Å²) < 4.78 is 9.72. The molecule has 1 aliphatic carbocycles. The van der Waals surface area contributed by atoms with E-state index in [0.717, 1.165) is 23.2 Å². The van der Waals surface area contributed by atoms with E-state index >= 15 is 0 Å². The molecule has 0 saturated heterocycles. The van der Waals surface area contributed by atoms with Gasteiger partial charge in [-0.05, 0) is 54.2 Å². The second-order valence-corrected chi connectivity index (χ2v) is 7.28. The first-order chi connectivity index (χ1) is 13.5. The highest BCUT2D eigenvalue weighted by Gasteiger charge is 2.39. The van der Waals surface area contributed by atoms with Crippen LogP contribution in [-0.4, -0.2) is 26.2 Å². The molecular weight excluding hydrogens is 354 g/mol. The summed E-state index contributed by atoms with van der Waals surface area (Å²) >= 11 is 0. The molecule has 5 heteroatoms. The third-order valence-corrected chi connectivity index (χ3v) is 5.89. The number of benzene rings is 2. The third-order valence-electron chi connectivity index (χ3n) is 5.89. The van der Waals surface area contributed by atoms with Crippen LogP contribution in [-0.2, 0) is 9.47 Å². The molecule has 5 nitrogen and oxygen atoms in total. The van der Waals surface area contributed by atoms with Gasteiger partial charge in [-0.25, -0.2) is 9.59 Å². The number of esters is 2. The lowest BCUT2D eigenvalue weighted by atomic mass is 9.76. The van der Waals surface area contributed by atoms with E-state index in [2.05, 4.69) is 17.5 Å². The highest BCUT2D eigenvalue weighted by atomic mass is 16.5. The van der Waals surface area contributed by atoms with Gasteiger partial charge in [-0.1, -0.05) is 30.4 Å². The Labute approximate surface area is 164 Å². The number of fused-ring (bicyclic) bond motifs is 3. The standard InChI is InChI=1S/C23H23NO4/c1-13-16(23(26)28-3)11-12-19-17-5-4-6-18(17)21(24-20(13)19)14-7-9-15(10-8-14)22(25)27-2/h4-5,7-12,17-18,21,24H,6H2,1-3H3/t17-,18-,21+/m1/s1. The molecule has 1 heterocycles. The van der Waals surface area contributed by atoms with Crippen molar-refractivity contribution >= 4 is 17.6 Å². The van der Waals surface area contributed by atoms with Crippen LogP contribution >= 0.6 is 0 Å². The van der Waals surface area contributed by atoms with Crippen LogP contribution in [0.25, 0.3) is 0 Å². The maximum atomic E-state index is 12.1. The minimum absolute atomic E-state index is 0.0887. The number of carbonyl (C=O) groups is 2. The van der Waals surface area contributed by atoms with E-state index in [1.807, 2.05) is 31.2 Å². The Kier molecular flexibility index (Phi) is 4.67. The van der Waals surface area contributed by atoms with Gasteiger partial charge in [-0.15, -0.1) is 0 Å². The molecule has 0 unspecified atom stereocenters. The van der Waals surface area contributed by atoms with E-state index < -0.39 is 0 Å². The van der Waals surface area contributed by atoms with Crippen molar-refractivity contribution in [1.82, 2.24) is 0 Å². The quantitative estimate of drug-likeness (QED) is 0.635. The number of rotatable bonds is 3. The van der Waals surface area contributed by atoms with E-state index in [1.54, 1.807) is 12.1 Å². The fourth-order valence-corrected chi connectivity index (χ4v) is 4.42. The van der Waals surface area contributed by atoms with Gasteiger partial charge in [0.1, 0.15) is 0 Å². The molecule has 3 atom stereocenters. The SMILES string of the molecule is COC(=O)c1ccc([C@@H]2Nc3c(ccc(C(=O)OC)c3C)[C@@H]3C=CC[C@H]32)cc1. The maximum Gasteiger partial charge on any atom is 0.338 e. The summed E-state index contributed by atoms with van der Waals surface area (Å²) in [6, 6.07) is 11.5. The van der Waals surface area contributed by atoms with Crippen molar-refractivity contribution < 1.29 is 19.1 Å². The van der Waals surface area contributed by atoms with Gasteiger partial charge in [0, 0.05) is 11.6 Å². The van der Waals surface area contributed by atoms with Gasteiger partial charge in [-0.2, -0.15) is 0 Å².